The molecule has 3 fully saturated rings. The van der Waals surface area contributed by atoms with E-state index in [1.807, 2.05) is 0 Å². The summed E-state index contributed by atoms with van der Waals surface area (Å²) in [5.74, 6) is -3.77. The Bertz CT molecular complexity index is 238. The smallest absolute Gasteiger partial charge is 0.279 e. The van der Waals surface area contributed by atoms with Crippen LogP contribution in [0.15, 0.2) is 0 Å². The summed E-state index contributed by atoms with van der Waals surface area (Å²) >= 11 is 0. The molecular weight excluding hydrogens is 168 g/mol. The van der Waals surface area contributed by atoms with E-state index < -0.39 is 30.1 Å². The Morgan fingerprint density at radius 1 is 1.25 bits per heavy atom. The Labute approximate surface area is 67.3 Å². The normalized spacial score (nSPS) is 67.8. The van der Waals surface area contributed by atoms with Crippen molar-refractivity contribution in [1.82, 2.24) is 0 Å². The van der Waals surface area contributed by atoms with Crippen LogP contribution in [-0.4, -0.2) is 52.0 Å². The van der Waals surface area contributed by atoms with Crippen LogP contribution < -0.4 is 0 Å². The minimum atomic E-state index is -1.89. The lowest BCUT2D eigenvalue weighted by Crippen LogP contribution is -2.53. The molecule has 5 atom stereocenters. The summed E-state index contributed by atoms with van der Waals surface area (Å²) in [5, 5.41) is 28.3. The predicted molar refractivity (Wildman–Crippen MR) is 31.6 cm³/mol. The maximum absolute atomic E-state index is 9.48. The average molecular weight is 176 g/mol. The van der Waals surface area contributed by atoms with E-state index in [0.717, 1.165) is 0 Å². The van der Waals surface area contributed by atoms with Crippen molar-refractivity contribution in [2.75, 3.05) is 6.61 Å². The van der Waals surface area contributed by atoms with Gasteiger partial charge in [0.2, 0.25) is 6.29 Å². The molecule has 6 heteroatoms. The van der Waals surface area contributed by atoms with Crippen LogP contribution in [-0.2, 0) is 14.2 Å². The molecule has 3 rings (SSSR count). The largest absolute Gasteiger partial charge is 0.384 e. The topological polar surface area (TPSA) is 91.7 Å². The van der Waals surface area contributed by atoms with E-state index in [1.165, 1.54) is 0 Å². The number of fused-ring (bicyclic) bond motifs is 4. The van der Waals surface area contributed by atoms with E-state index in [-0.39, 0.29) is 6.61 Å². The van der Waals surface area contributed by atoms with Gasteiger partial charge in [0.15, 0.2) is 0 Å². The van der Waals surface area contributed by atoms with Gasteiger partial charge in [-0.1, -0.05) is 0 Å². The molecule has 2 bridgehead atoms. The third kappa shape index (κ3) is 0.525. The van der Waals surface area contributed by atoms with E-state index in [0.29, 0.717) is 0 Å². The molecule has 12 heavy (non-hydrogen) atoms. The molecule has 6 nitrogen and oxygen atoms in total. The molecule has 3 N–H and O–H groups in total. The third-order valence-electron chi connectivity index (χ3n) is 2.57. The lowest BCUT2D eigenvalue weighted by molar-refractivity contribution is -0.230. The van der Waals surface area contributed by atoms with E-state index in [4.69, 9.17) is 9.47 Å². The fourth-order valence-corrected chi connectivity index (χ4v) is 1.74. The minimum absolute atomic E-state index is 0.166. The van der Waals surface area contributed by atoms with Gasteiger partial charge in [-0.15, -0.1) is 0 Å². The van der Waals surface area contributed by atoms with Gasteiger partial charge < -0.3 is 29.5 Å². The molecule has 0 aromatic carbocycles. The first-order chi connectivity index (χ1) is 5.58. The van der Waals surface area contributed by atoms with Crippen LogP contribution in [0.3, 0.4) is 0 Å². The quantitative estimate of drug-likeness (QED) is 0.354. The average Bonchev–Trinajstić information content (AvgIpc) is 2.53. The number of ether oxygens (including phenoxy) is 3. The molecule has 0 saturated carbocycles. The molecule has 3 heterocycles. The zero-order chi connectivity index (χ0) is 8.56. The molecule has 0 aliphatic carbocycles. The maximum Gasteiger partial charge on any atom is 0.279 e. The van der Waals surface area contributed by atoms with Gasteiger partial charge >= 0.3 is 0 Å². The van der Waals surface area contributed by atoms with Crippen molar-refractivity contribution in [2.24, 2.45) is 0 Å². The second-order valence-corrected chi connectivity index (χ2v) is 3.28. The maximum atomic E-state index is 9.48. The number of aliphatic hydroxyl groups is 3. The summed E-state index contributed by atoms with van der Waals surface area (Å²) in [6, 6.07) is 0. The van der Waals surface area contributed by atoms with Gasteiger partial charge in [0.05, 0.1) is 6.61 Å². The van der Waals surface area contributed by atoms with Gasteiger partial charge in [0.1, 0.15) is 12.2 Å². The lowest BCUT2D eigenvalue weighted by Gasteiger charge is -2.26. The highest BCUT2D eigenvalue weighted by Crippen LogP contribution is 2.56. The Balaban J connectivity index is 2.02. The molecule has 68 valence electrons. The van der Waals surface area contributed by atoms with Crippen LogP contribution in [0.5, 0.6) is 0 Å². The number of hydrogen-bond donors (Lipinski definition) is 3. The first-order valence-corrected chi connectivity index (χ1v) is 3.68. The molecule has 0 aromatic rings. The summed E-state index contributed by atoms with van der Waals surface area (Å²) in [5.41, 5.74) is 0. The second-order valence-electron chi connectivity index (χ2n) is 3.28. The standard InChI is InChI=1S/C6H8O6/c7-3-2-1-10-4(11-2)6(9)5(3,8)12-6/h2-4,7-9H,1H2/t2-,3-,4?,5-,6-/m1/s1. The van der Waals surface area contributed by atoms with Crippen LogP contribution in [0, 0.1) is 0 Å². The van der Waals surface area contributed by atoms with Crippen molar-refractivity contribution in [1.29, 1.82) is 0 Å². The van der Waals surface area contributed by atoms with Gasteiger partial charge in [-0.2, -0.15) is 0 Å². The first kappa shape index (κ1) is 7.19. The van der Waals surface area contributed by atoms with Crippen molar-refractivity contribution >= 4 is 0 Å². The van der Waals surface area contributed by atoms with Crippen LogP contribution in [0.4, 0.5) is 0 Å². The number of epoxide rings is 1. The van der Waals surface area contributed by atoms with Crippen LogP contribution in [0.1, 0.15) is 0 Å². The third-order valence-corrected chi connectivity index (χ3v) is 2.57. The molecule has 3 aliphatic heterocycles. The van der Waals surface area contributed by atoms with E-state index >= 15 is 0 Å². The molecule has 0 amide bonds. The number of aliphatic hydroxyl groups excluding tert-OH is 1. The monoisotopic (exact) mass is 176 g/mol. The van der Waals surface area contributed by atoms with Crippen LogP contribution >= 0.6 is 0 Å². The molecule has 0 radical (unpaired) electrons. The second kappa shape index (κ2) is 1.67. The van der Waals surface area contributed by atoms with Crippen LogP contribution in [0.25, 0.3) is 0 Å². The minimum Gasteiger partial charge on any atom is -0.384 e. The van der Waals surface area contributed by atoms with E-state index in [1.54, 1.807) is 0 Å². The Morgan fingerprint density at radius 2 is 2.00 bits per heavy atom. The molecular formula is C6H8O6. The van der Waals surface area contributed by atoms with E-state index in [2.05, 4.69) is 4.74 Å². The fourth-order valence-electron chi connectivity index (χ4n) is 1.74. The van der Waals surface area contributed by atoms with Gasteiger partial charge in [-0.25, -0.2) is 0 Å². The highest BCUT2D eigenvalue weighted by Gasteiger charge is 2.84. The van der Waals surface area contributed by atoms with E-state index in [9.17, 15) is 15.3 Å². The van der Waals surface area contributed by atoms with Gasteiger partial charge in [-0.05, 0) is 0 Å². The van der Waals surface area contributed by atoms with Crippen molar-refractivity contribution in [2.45, 2.75) is 30.1 Å². The molecule has 0 spiro atoms. The molecule has 3 saturated heterocycles. The highest BCUT2D eigenvalue weighted by molar-refractivity contribution is 5.14. The molecule has 1 unspecified atom stereocenters. The van der Waals surface area contributed by atoms with Crippen molar-refractivity contribution in [3.8, 4) is 0 Å². The van der Waals surface area contributed by atoms with Gasteiger partial charge in [0.25, 0.3) is 11.6 Å². The van der Waals surface area contributed by atoms with Crippen LogP contribution in [0.2, 0.25) is 0 Å². The summed E-state index contributed by atoms with van der Waals surface area (Å²) < 4.78 is 14.6. The number of hydrogen-bond acceptors (Lipinski definition) is 6. The lowest BCUT2D eigenvalue weighted by atomic mass is 10.0. The summed E-state index contributed by atoms with van der Waals surface area (Å²) in [4.78, 5) is 0. The highest BCUT2D eigenvalue weighted by atomic mass is 16.9. The van der Waals surface area contributed by atoms with Crippen molar-refractivity contribution in [3.05, 3.63) is 0 Å². The Morgan fingerprint density at radius 3 is 2.75 bits per heavy atom. The summed E-state index contributed by atoms with van der Waals surface area (Å²) in [6.07, 6.45) is -2.83. The molecule has 3 aliphatic rings. The first-order valence-electron chi connectivity index (χ1n) is 3.68. The summed E-state index contributed by atoms with van der Waals surface area (Å²) in [7, 11) is 0. The number of rotatable bonds is 0. The zero-order valence-electron chi connectivity index (χ0n) is 6.01. The predicted octanol–water partition coefficient (Wildman–Crippen LogP) is -2.49. The molecule has 0 aromatic heterocycles. The summed E-state index contributed by atoms with van der Waals surface area (Å²) in [6.45, 7) is 0.166. The fraction of sp³-hybridized carbons (Fsp3) is 1.00. The zero-order valence-corrected chi connectivity index (χ0v) is 6.01. The van der Waals surface area contributed by atoms with Crippen molar-refractivity contribution < 1.29 is 29.5 Å². The van der Waals surface area contributed by atoms with Crippen molar-refractivity contribution in [3.63, 3.8) is 0 Å². The SMILES string of the molecule is O[C@@H]1[C@H]2COC(O2)[C@@]2(O)O[C@]12O. The Kier molecular flexibility index (Phi) is 1.00. The Hall–Kier alpha value is -0.240. The van der Waals surface area contributed by atoms with Gasteiger partial charge in [0, 0.05) is 0 Å². The van der Waals surface area contributed by atoms with Gasteiger partial charge in [-0.3, -0.25) is 0 Å².